The maximum atomic E-state index is 13.1. The predicted octanol–water partition coefficient (Wildman–Crippen LogP) is 5.14. The number of carbonyl (C=O) groups excluding carboxylic acids is 1. The number of nitrogens with zero attached hydrogens (tertiary/aromatic N) is 3. The average Bonchev–Trinajstić information content (AvgIpc) is 3.23. The van der Waals surface area contributed by atoms with Crippen LogP contribution in [0.3, 0.4) is 0 Å². The van der Waals surface area contributed by atoms with E-state index in [-0.39, 0.29) is 25.2 Å². The van der Waals surface area contributed by atoms with Gasteiger partial charge >= 0.3 is 5.97 Å². The Kier molecular flexibility index (Phi) is 6.60. The van der Waals surface area contributed by atoms with Crippen molar-refractivity contribution in [3.05, 3.63) is 70.4 Å². The molecule has 0 fully saturated rings. The number of carbonyl (C=O) groups is 2. The van der Waals surface area contributed by atoms with E-state index >= 15 is 0 Å². The van der Waals surface area contributed by atoms with E-state index in [1.165, 1.54) is 5.01 Å². The highest BCUT2D eigenvalue weighted by molar-refractivity contribution is 6.30. The number of hydrogen-bond donors (Lipinski definition) is 1. The van der Waals surface area contributed by atoms with Crippen LogP contribution in [0.25, 0.3) is 10.9 Å². The number of aliphatic carboxylic acids is 1. The summed E-state index contributed by atoms with van der Waals surface area (Å²) in [5, 5.41) is 16.2. The van der Waals surface area contributed by atoms with Gasteiger partial charge in [-0.05, 0) is 37.1 Å². The summed E-state index contributed by atoms with van der Waals surface area (Å²) in [4.78, 5) is 28.5. The fraction of sp³-hybridized carbons (Fsp3) is 0.280. The Morgan fingerprint density at radius 3 is 2.73 bits per heavy atom. The summed E-state index contributed by atoms with van der Waals surface area (Å²) in [7, 11) is 1.59. The number of methoxy groups -OCH3 is 1. The third-order valence-corrected chi connectivity index (χ3v) is 5.97. The first-order valence-electron chi connectivity index (χ1n) is 10.7. The van der Waals surface area contributed by atoms with Crippen LogP contribution in [-0.2, 0) is 9.59 Å². The molecular formula is C25H24ClN3O4. The van der Waals surface area contributed by atoms with Crippen LogP contribution in [0.1, 0.15) is 48.4 Å². The number of aryl methyl sites for hydroxylation is 1. The van der Waals surface area contributed by atoms with E-state index in [9.17, 15) is 9.59 Å². The molecule has 2 aromatic carbocycles. The van der Waals surface area contributed by atoms with Crippen LogP contribution >= 0.6 is 11.6 Å². The molecule has 8 heteroatoms. The lowest BCUT2D eigenvalue weighted by atomic mass is 9.97. The van der Waals surface area contributed by atoms with Crippen molar-refractivity contribution >= 4 is 40.1 Å². The van der Waals surface area contributed by atoms with Crippen molar-refractivity contribution in [1.29, 1.82) is 0 Å². The van der Waals surface area contributed by atoms with Gasteiger partial charge in [0.1, 0.15) is 10.9 Å². The molecular weight excluding hydrogens is 442 g/mol. The van der Waals surface area contributed by atoms with Gasteiger partial charge in [0.2, 0.25) is 5.91 Å². The van der Waals surface area contributed by atoms with Gasteiger partial charge in [-0.1, -0.05) is 41.4 Å². The van der Waals surface area contributed by atoms with E-state index in [0.717, 1.165) is 22.2 Å². The van der Waals surface area contributed by atoms with Crippen LogP contribution in [0.4, 0.5) is 0 Å². The first kappa shape index (κ1) is 22.7. The van der Waals surface area contributed by atoms with Crippen molar-refractivity contribution in [2.75, 3.05) is 7.11 Å². The topological polar surface area (TPSA) is 92.1 Å². The molecule has 1 atom stereocenters. The number of amides is 1. The lowest BCUT2D eigenvalue weighted by Crippen LogP contribution is -2.27. The number of halogens is 1. The molecule has 0 bridgehead atoms. The monoisotopic (exact) mass is 465 g/mol. The molecule has 0 saturated carbocycles. The third kappa shape index (κ3) is 4.98. The van der Waals surface area contributed by atoms with Gasteiger partial charge in [-0.2, -0.15) is 5.10 Å². The number of carboxylic acid groups (broad SMARTS) is 1. The minimum atomic E-state index is -0.929. The maximum Gasteiger partial charge on any atom is 0.303 e. The molecule has 1 aliphatic heterocycles. The molecule has 4 rings (SSSR count). The molecule has 0 radical (unpaired) electrons. The number of carboxylic acids is 1. The molecule has 1 aromatic heterocycles. The van der Waals surface area contributed by atoms with E-state index in [1.807, 2.05) is 55.5 Å². The van der Waals surface area contributed by atoms with Gasteiger partial charge in [-0.25, -0.2) is 9.99 Å². The zero-order valence-electron chi connectivity index (χ0n) is 18.4. The molecule has 0 spiro atoms. The van der Waals surface area contributed by atoms with Gasteiger partial charge in [-0.3, -0.25) is 9.59 Å². The van der Waals surface area contributed by atoms with Crippen LogP contribution in [-0.4, -0.2) is 39.8 Å². The summed E-state index contributed by atoms with van der Waals surface area (Å²) < 4.78 is 5.27. The van der Waals surface area contributed by atoms with E-state index in [4.69, 9.17) is 21.4 Å². The number of aromatic nitrogens is 1. The molecule has 7 nitrogen and oxygen atoms in total. The summed E-state index contributed by atoms with van der Waals surface area (Å²) in [5.74, 6) is -0.489. The van der Waals surface area contributed by atoms with Gasteiger partial charge in [0.15, 0.2) is 0 Å². The van der Waals surface area contributed by atoms with Gasteiger partial charge in [-0.15, -0.1) is 0 Å². The standard InChI is InChI=1S/C25H24ClN3O4/c1-15-5-3-6-16(11-15)21-14-22(29(28-21)23(30)7-4-8-24(31)32)19-12-17-9-10-18(33-2)13-20(17)27-25(19)26/h3,5-6,9-13,22H,4,7-8,14H2,1-2H3,(H,31,32)/t22-/m0/s1. The number of benzene rings is 2. The Hall–Kier alpha value is -3.45. The lowest BCUT2D eigenvalue weighted by molar-refractivity contribution is -0.137. The average molecular weight is 466 g/mol. The molecule has 1 amide bonds. The molecule has 1 N–H and O–H groups in total. The second-order valence-corrected chi connectivity index (χ2v) is 8.41. The molecule has 1 aliphatic rings. The highest BCUT2D eigenvalue weighted by Gasteiger charge is 2.34. The number of rotatable bonds is 7. The molecule has 170 valence electrons. The van der Waals surface area contributed by atoms with Gasteiger partial charge in [0.25, 0.3) is 0 Å². The number of hydrazone groups is 1. The first-order chi connectivity index (χ1) is 15.9. The van der Waals surface area contributed by atoms with Crippen LogP contribution in [0.15, 0.2) is 53.6 Å². The second kappa shape index (κ2) is 9.58. The van der Waals surface area contributed by atoms with Crippen molar-refractivity contribution < 1.29 is 19.4 Å². The highest BCUT2D eigenvalue weighted by Crippen LogP contribution is 2.38. The third-order valence-electron chi connectivity index (χ3n) is 5.66. The Morgan fingerprint density at radius 2 is 2.00 bits per heavy atom. The quantitative estimate of drug-likeness (QED) is 0.488. The number of ether oxygens (including phenoxy) is 1. The molecule has 2 heterocycles. The maximum absolute atomic E-state index is 13.1. The SMILES string of the molecule is COc1ccc2cc([C@@H]3CC(c4cccc(C)c4)=NN3C(=O)CCCC(=O)O)c(Cl)nc2c1. The van der Waals surface area contributed by atoms with E-state index in [0.29, 0.717) is 28.4 Å². The predicted molar refractivity (Wildman–Crippen MR) is 127 cm³/mol. The van der Waals surface area contributed by atoms with Gasteiger partial charge in [0.05, 0.1) is 24.4 Å². The smallest absolute Gasteiger partial charge is 0.303 e. The molecule has 3 aromatic rings. The zero-order chi connectivity index (χ0) is 23.5. The van der Waals surface area contributed by atoms with Crippen molar-refractivity contribution in [2.45, 2.75) is 38.6 Å². The largest absolute Gasteiger partial charge is 0.497 e. The lowest BCUT2D eigenvalue weighted by Gasteiger charge is -2.23. The van der Waals surface area contributed by atoms with Crippen LogP contribution < -0.4 is 4.74 Å². The fourth-order valence-electron chi connectivity index (χ4n) is 3.99. The summed E-state index contributed by atoms with van der Waals surface area (Å²) in [5.41, 5.74) is 4.21. The number of fused-ring (bicyclic) bond motifs is 1. The van der Waals surface area contributed by atoms with Crippen LogP contribution in [0.5, 0.6) is 5.75 Å². The van der Waals surface area contributed by atoms with Crippen molar-refractivity contribution in [2.24, 2.45) is 5.10 Å². The minimum absolute atomic E-state index is 0.0706. The summed E-state index contributed by atoms with van der Waals surface area (Å²) in [6.07, 6.45) is 0.745. The molecule has 0 unspecified atom stereocenters. The Morgan fingerprint density at radius 1 is 1.18 bits per heavy atom. The normalized spacial score (nSPS) is 15.5. The van der Waals surface area contributed by atoms with E-state index < -0.39 is 12.0 Å². The fourth-order valence-corrected chi connectivity index (χ4v) is 4.26. The molecule has 0 aliphatic carbocycles. The minimum Gasteiger partial charge on any atom is -0.497 e. The van der Waals surface area contributed by atoms with Crippen molar-refractivity contribution in [1.82, 2.24) is 9.99 Å². The highest BCUT2D eigenvalue weighted by atomic mass is 35.5. The van der Waals surface area contributed by atoms with Gasteiger partial charge in [0, 0.05) is 36.3 Å². The first-order valence-corrected chi connectivity index (χ1v) is 11.1. The Balaban J connectivity index is 1.70. The van der Waals surface area contributed by atoms with Crippen molar-refractivity contribution in [3.8, 4) is 5.75 Å². The Labute approximate surface area is 196 Å². The van der Waals surface area contributed by atoms with Crippen LogP contribution in [0, 0.1) is 6.92 Å². The van der Waals surface area contributed by atoms with E-state index in [2.05, 4.69) is 10.1 Å². The van der Waals surface area contributed by atoms with Crippen molar-refractivity contribution in [3.63, 3.8) is 0 Å². The summed E-state index contributed by atoms with van der Waals surface area (Å²) >= 11 is 6.60. The molecule has 0 saturated heterocycles. The summed E-state index contributed by atoms with van der Waals surface area (Å²) in [6, 6.07) is 15.0. The Bertz CT molecular complexity index is 1260. The van der Waals surface area contributed by atoms with Crippen LogP contribution in [0.2, 0.25) is 5.15 Å². The summed E-state index contributed by atoms with van der Waals surface area (Å²) in [6.45, 7) is 2.00. The zero-order valence-corrected chi connectivity index (χ0v) is 19.2. The van der Waals surface area contributed by atoms with Gasteiger partial charge < -0.3 is 9.84 Å². The second-order valence-electron chi connectivity index (χ2n) is 8.05. The molecule has 33 heavy (non-hydrogen) atoms. The van der Waals surface area contributed by atoms with E-state index in [1.54, 1.807) is 7.11 Å². The number of pyridine rings is 1. The number of hydrogen-bond acceptors (Lipinski definition) is 5.